The molecule has 0 aliphatic carbocycles. The molecular weight excluding hydrogens is 262 g/mol. The van der Waals surface area contributed by atoms with E-state index >= 15 is 0 Å². The second kappa shape index (κ2) is 6.99. The highest BCUT2D eigenvalue weighted by Gasteiger charge is 2.12. The maximum Gasteiger partial charge on any atom is 0.0651 e. The maximum absolute atomic E-state index is 5.35. The van der Waals surface area contributed by atoms with Gasteiger partial charge < -0.3 is 9.30 Å². The number of ether oxygens (including phenoxy) is 1. The quantitative estimate of drug-likeness (QED) is 0.600. The highest BCUT2D eigenvalue weighted by atomic mass is 16.5. The fraction of sp³-hybridized carbons (Fsp3) is 0.294. The molecule has 4 heteroatoms. The third kappa shape index (κ3) is 3.11. The van der Waals surface area contributed by atoms with E-state index in [1.54, 1.807) is 6.08 Å². The summed E-state index contributed by atoms with van der Waals surface area (Å²) in [5, 5.41) is 10.2. The van der Waals surface area contributed by atoms with E-state index in [2.05, 4.69) is 41.3 Å². The molecule has 4 nitrogen and oxygen atoms in total. The number of fused-ring (bicyclic) bond motifs is 1. The largest absolute Gasteiger partial charge is 0.378 e. The molecule has 110 valence electrons. The average Bonchev–Trinajstić information content (AvgIpc) is 2.75. The summed E-state index contributed by atoms with van der Waals surface area (Å²) >= 11 is 0. The van der Waals surface area contributed by atoms with Crippen molar-refractivity contribution in [1.82, 2.24) is 14.8 Å². The first-order chi connectivity index (χ1) is 10.2. The highest BCUT2D eigenvalue weighted by Crippen LogP contribution is 2.27. The summed E-state index contributed by atoms with van der Waals surface area (Å²) in [6.07, 6.45) is 11.5. The molecule has 0 aromatic carbocycles. The van der Waals surface area contributed by atoms with Crippen LogP contribution in [0.2, 0.25) is 0 Å². The van der Waals surface area contributed by atoms with Crippen molar-refractivity contribution in [2.75, 3.05) is 13.2 Å². The summed E-state index contributed by atoms with van der Waals surface area (Å²) in [6, 6.07) is 0. The summed E-state index contributed by atoms with van der Waals surface area (Å²) in [5.41, 5.74) is 3.34. The van der Waals surface area contributed by atoms with Crippen molar-refractivity contribution < 1.29 is 4.74 Å². The number of hydrogen-bond acceptors (Lipinski definition) is 3. The fourth-order valence-corrected chi connectivity index (χ4v) is 2.46. The minimum Gasteiger partial charge on any atom is -0.378 e. The fourth-order valence-electron chi connectivity index (χ4n) is 2.46. The molecule has 21 heavy (non-hydrogen) atoms. The van der Waals surface area contributed by atoms with Gasteiger partial charge in [-0.25, -0.2) is 0 Å². The van der Waals surface area contributed by atoms with Crippen molar-refractivity contribution in [1.29, 1.82) is 0 Å². The normalized spacial score (nSPS) is 12.4. The molecule has 0 aliphatic heterocycles. The van der Waals surface area contributed by atoms with Crippen molar-refractivity contribution >= 4 is 16.5 Å². The third-order valence-corrected chi connectivity index (χ3v) is 3.43. The van der Waals surface area contributed by atoms with E-state index in [9.17, 15) is 0 Å². The molecule has 0 saturated heterocycles. The molecule has 0 radical (unpaired) electrons. The zero-order valence-electron chi connectivity index (χ0n) is 12.8. The van der Waals surface area contributed by atoms with Crippen molar-refractivity contribution in [3.8, 4) is 0 Å². The molecule has 2 aromatic rings. The van der Waals surface area contributed by atoms with E-state index in [1.165, 1.54) is 0 Å². The van der Waals surface area contributed by atoms with Gasteiger partial charge in [0, 0.05) is 34.5 Å². The molecule has 2 aromatic heterocycles. The zero-order chi connectivity index (χ0) is 15.2. The Kier molecular flexibility index (Phi) is 5.06. The van der Waals surface area contributed by atoms with E-state index < -0.39 is 0 Å². The van der Waals surface area contributed by atoms with Gasteiger partial charge in [0.2, 0.25) is 0 Å². The second-order valence-electron chi connectivity index (χ2n) is 4.71. The van der Waals surface area contributed by atoms with E-state index in [1.807, 2.05) is 31.5 Å². The smallest absolute Gasteiger partial charge is 0.0651 e. The topological polar surface area (TPSA) is 39.9 Å². The number of rotatable bonds is 6. The van der Waals surface area contributed by atoms with Crippen LogP contribution in [0.1, 0.15) is 18.3 Å². The Labute approximate surface area is 125 Å². The zero-order valence-corrected chi connectivity index (χ0v) is 12.8. The Morgan fingerprint density at radius 2 is 1.86 bits per heavy atom. The number of aryl methyl sites for hydroxylation is 2. The van der Waals surface area contributed by atoms with E-state index in [-0.39, 0.29) is 0 Å². The lowest BCUT2D eigenvalue weighted by atomic mass is 10.2. The van der Waals surface area contributed by atoms with Crippen LogP contribution in [0, 0.1) is 13.8 Å². The van der Waals surface area contributed by atoms with Gasteiger partial charge in [-0.1, -0.05) is 18.7 Å². The van der Waals surface area contributed by atoms with Gasteiger partial charge in [-0.3, -0.25) is 0 Å². The minimum atomic E-state index is 0.604. The van der Waals surface area contributed by atoms with E-state index in [0.717, 1.165) is 27.9 Å². The molecule has 0 atom stereocenters. The van der Waals surface area contributed by atoms with Crippen molar-refractivity contribution in [2.45, 2.75) is 20.8 Å². The van der Waals surface area contributed by atoms with Crippen LogP contribution >= 0.6 is 0 Å². The number of aromatic nitrogens is 3. The highest BCUT2D eigenvalue weighted by molar-refractivity contribution is 5.89. The van der Waals surface area contributed by atoms with Crippen molar-refractivity contribution in [3.63, 3.8) is 0 Å². The lowest BCUT2D eigenvalue weighted by Crippen LogP contribution is -2.00. The summed E-state index contributed by atoms with van der Waals surface area (Å²) in [4.78, 5) is 0. The van der Waals surface area contributed by atoms with Crippen LogP contribution in [0.15, 0.2) is 43.3 Å². The Morgan fingerprint density at radius 1 is 1.24 bits per heavy atom. The summed E-state index contributed by atoms with van der Waals surface area (Å²) < 4.78 is 7.54. The first-order valence-corrected chi connectivity index (χ1v) is 7.06. The van der Waals surface area contributed by atoms with Gasteiger partial charge in [0.05, 0.1) is 19.0 Å². The Morgan fingerprint density at radius 3 is 2.38 bits per heavy atom. The first-order valence-electron chi connectivity index (χ1n) is 7.06. The second-order valence-corrected chi connectivity index (χ2v) is 4.71. The van der Waals surface area contributed by atoms with Crippen LogP contribution in [0.3, 0.4) is 0 Å². The van der Waals surface area contributed by atoms with E-state index in [0.29, 0.717) is 13.2 Å². The molecule has 0 saturated carbocycles. The van der Waals surface area contributed by atoms with Gasteiger partial charge in [0.25, 0.3) is 0 Å². The van der Waals surface area contributed by atoms with Gasteiger partial charge in [-0.15, -0.1) is 0 Å². The molecule has 0 amide bonds. The number of nitrogens with zero attached hydrogens (tertiary/aromatic N) is 3. The molecule has 0 unspecified atom stereocenters. The molecule has 0 aliphatic rings. The predicted molar refractivity (Wildman–Crippen MR) is 87.1 cm³/mol. The van der Waals surface area contributed by atoms with Gasteiger partial charge in [0.1, 0.15) is 0 Å². The molecule has 0 N–H and O–H groups in total. The van der Waals surface area contributed by atoms with Crippen LogP contribution < -0.4 is 0 Å². The molecule has 0 spiro atoms. The van der Waals surface area contributed by atoms with Crippen LogP contribution in [0.5, 0.6) is 0 Å². The van der Waals surface area contributed by atoms with Gasteiger partial charge in [-0.2, -0.15) is 10.2 Å². The van der Waals surface area contributed by atoms with Crippen LogP contribution in [0.4, 0.5) is 0 Å². The van der Waals surface area contributed by atoms with Gasteiger partial charge in [0.15, 0.2) is 0 Å². The summed E-state index contributed by atoms with van der Waals surface area (Å²) in [7, 11) is 0. The van der Waals surface area contributed by atoms with E-state index in [4.69, 9.17) is 4.74 Å². The molecule has 2 heterocycles. The van der Waals surface area contributed by atoms with Crippen LogP contribution in [-0.2, 0) is 4.74 Å². The monoisotopic (exact) mass is 283 g/mol. The van der Waals surface area contributed by atoms with Crippen molar-refractivity contribution in [3.05, 3.63) is 54.7 Å². The van der Waals surface area contributed by atoms with Gasteiger partial charge in [-0.05, 0) is 32.9 Å². The molecular formula is C17H21N3O. The van der Waals surface area contributed by atoms with Crippen LogP contribution in [-0.4, -0.2) is 28.0 Å². The van der Waals surface area contributed by atoms with Crippen molar-refractivity contribution in [2.24, 2.45) is 0 Å². The molecule has 0 bridgehead atoms. The SMILES string of the molecule is C=C/C=C(\C=C/COCC)n1c(C)c2cnncc2c1C. The number of allylic oxidation sites excluding steroid dienone is 4. The first kappa shape index (κ1) is 15.2. The lowest BCUT2D eigenvalue weighted by Gasteiger charge is -2.10. The maximum atomic E-state index is 5.35. The Bertz CT molecular complexity index is 656. The standard InChI is InChI=1S/C17H21N3O/c1-5-8-15(9-7-10-21-6-2)20-13(3)16-11-18-19-12-17(16)14(20)4/h5,7-9,11-12H,1,6,10H2,2-4H3/b9-7-,15-8+. The Balaban J connectivity index is 2.48. The summed E-state index contributed by atoms with van der Waals surface area (Å²) in [6.45, 7) is 11.3. The minimum absolute atomic E-state index is 0.604. The molecule has 0 fully saturated rings. The van der Waals surface area contributed by atoms with Crippen LogP contribution in [0.25, 0.3) is 16.5 Å². The Hall–Kier alpha value is -2.20. The number of hydrogen-bond donors (Lipinski definition) is 0. The predicted octanol–water partition coefficient (Wildman–Crippen LogP) is 3.67. The average molecular weight is 283 g/mol. The summed E-state index contributed by atoms with van der Waals surface area (Å²) in [5.74, 6) is 0. The lowest BCUT2D eigenvalue weighted by molar-refractivity contribution is 0.177. The third-order valence-electron chi connectivity index (χ3n) is 3.43. The molecule has 2 rings (SSSR count). The van der Waals surface area contributed by atoms with Gasteiger partial charge >= 0.3 is 0 Å².